The van der Waals surface area contributed by atoms with E-state index in [2.05, 4.69) is 13.8 Å². The molecule has 53 aliphatic carbocycles. The van der Waals surface area contributed by atoms with Crippen LogP contribution in [0.5, 0.6) is 0 Å². The molecule has 0 nitrogen and oxygen atoms in total. The Kier molecular flexibility index (Phi) is 3.85. The predicted octanol–water partition coefficient (Wildman–Crippen LogP) is 15.2. The molecule has 53 fully saturated rings. The summed E-state index contributed by atoms with van der Waals surface area (Å²) in [7, 11) is 0. The second kappa shape index (κ2) is 8.95. The number of fused-ring (bicyclic) bond motifs is 42. The molecule has 0 heterocycles. The van der Waals surface area contributed by atoms with Gasteiger partial charge in [-0.3, -0.25) is 0 Å². The largest absolute Gasteiger partial charge is 0.0619 e. The molecule has 0 aromatic carbocycles. The van der Waals surface area contributed by atoms with E-state index in [0.717, 1.165) is 142 Å². The van der Waals surface area contributed by atoms with Crippen molar-refractivity contribution in [3.8, 4) is 0 Å². The van der Waals surface area contributed by atoms with Crippen LogP contribution in [-0.2, 0) is 0 Å². The average Bonchev–Trinajstić information content (AvgIpc) is 0.524. The van der Waals surface area contributed by atoms with Gasteiger partial charge in [0.2, 0.25) is 0 Å². The maximum Gasteiger partial charge on any atom is -0.00624 e. The van der Waals surface area contributed by atoms with E-state index in [0.29, 0.717) is 0 Å². The van der Waals surface area contributed by atoms with Crippen LogP contribution in [-0.4, -0.2) is 0 Å². The third-order valence-electron chi connectivity index (χ3n) is 72.0. The minimum Gasteiger partial charge on any atom is -0.0619 e. The molecule has 0 aromatic heterocycles. The van der Waals surface area contributed by atoms with Crippen molar-refractivity contribution in [1.82, 2.24) is 0 Å². The van der Waals surface area contributed by atoms with E-state index in [-0.39, 0.29) is 0 Å². The van der Waals surface area contributed by atoms with Crippen LogP contribution in [0.2, 0.25) is 0 Å². The van der Waals surface area contributed by atoms with Crippen LogP contribution in [0.3, 0.4) is 0 Å². The molecule has 102 heavy (non-hydrogen) atoms. The summed E-state index contributed by atoms with van der Waals surface area (Å²) in [5.41, 5.74) is 24.9. The van der Waals surface area contributed by atoms with Gasteiger partial charge in [0.15, 0.2) is 0 Å². The van der Waals surface area contributed by atoms with E-state index < -0.39 is 0 Å². The Morgan fingerprint density at radius 3 is 1.13 bits per heavy atom. The fourth-order valence-corrected chi connectivity index (χ4v) is 83.3. The van der Waals surface area contributed by atoms with Crippen molar-refractivity contribution in [1.29, 1.82) is 0 Å². The second-order valence-corrected chi connectivity index (χ2v) is 59.1. The zero-order valence-corrected chi connectivity index (χ0v) is 60.2. The van der Waals surface area contributed by atoms with E-state index in [1.165, 1.54) is 331 Å². The Bertz CT molecular complexity index is 5640. The zero-order chi connectivity index (χ0) is 60.2. The normalized spacial score (nSPS) is 111. The fourth-order valence-electron chi connectivity index (χ4n) is 83.3. The summed E-state index contributed by atoms with van der Waals surface area (Å²) in [6.45, 7) is 5.69. The minimum atomic E-state index is 0.897. The van der Waals surface area contributed by atoms with Crippen LogP contribution >= 0.6 is 0 Å². The molecule has 0 aromatic rings. The van der Waals surface area contributed by atoms with Crippen molar-refractivity contribution < 1.29 is 0 Å². The third-order valence-corrected chi connectivity index (χ3v) is 72.0. The molecule has 82 unspecified atom stereocenters. The minimum absolute atomic E-state index is 0.897. The van der Waals surface area contributed by atoms with Gasteiger partial charge in [-0.1, -0.05) is 90.9 Å². The first-order valence-electron chi connectivity index (χ1n) is 50.6. The van der Waals surface area contributed by atoms with Crippen molar-refractivity contribution in [2.24, 2.45) is 473 Å². The molecule has 508 valence electrons. The van der Waals surface area contributed by atoms with Gasteiger partial charge in [0.25, 0.3) is 0 Å². The highest BCUT2D eigenvalue weighted by Gasteiger charge is 3.44. The summed E-state index contributed by atoms with van der Waals surface area (Å²) in [4.78, 5) is 0. The van der Waals surface area contributed by atoms with E-state index in [9.17, 15) is 0 Å². The van der Waals surface area contributed by atoms with Gasteiger partial charge in [-0.05, 0) is 512 Å². The topological polar surface area (TPSA) is 0 Å². The van der Waals surface area contributed by atoms with Crippen LogP contribution in [0.1, 0.15) is 129 Å². The van der Waals surface area contributed by atoms with Crippen molar-refractivity contribution in [2.75, 3.05) is 0 Å². The summed E-state index contributed by atoms with van der Waals surface area (Å²) in [6.07, 6.45) is 30.3. The quantitative estimate of drug-likeness (QED) is 0.227. The third kappa shape index (κ3) is 1.68. The molecule has 53 saturated carbocycles. The fraction of sp³-hybridized carbons (Fsp3) is 1.00. The van der Waals surface area contributed by atoms with Crippen LogP contribution in [0.15, 0.2) is 0 Å². The molecule has 53 aliphatic rings. The lowest BCUT2D eigenvalue weighted by molar-refractivity contribution is -0.964. The van der Waals surface area contributed by atoms with Crippen molar-refractivity contribution in [3.63, 3.8) is 0 Å². The van der Waals surface area contributed by atoms with E-state index >= 15 is 0 Å². The van der Waals surface area contributed by atoms with Crippen molar-refractivity contribution >= 4 is 0 Å². The lowest BCUT2D eigenvalue weighted by Crippen LogP contribution is -3.40. The smallest absolute Gasteiger partial charge is 0.00624 e. The van der Waals surface area contributed by atoms with Crippen LogP contribution in [0.25, 0.3) is 0 Å². The maximum absolute atomic E-state index is 2.85. The Morgan fingerprint density at radius 2 is 0.598 bits per heavy atom. The van der Waals surface area contributed by atoms with Gasteiger partial charge in [-0.15, -0.1) is 0 Å². The molecule has 0 amide bonds. The highest BCUT2D eigenvalue weighted by Crippen LogP contribution is 3.46. The summed E-state index contributed by atoms with van der Waals surface area (Å²) in [5, 5.41) is 0. The van der Waals surface area contributed by atoms with Gasteiger partial charge in [-0.2, -0.15) is 0 Å². The second-order valence-electron chi connectivity index (χ2n) is 59.1. The van der Waals surface area contributed by atoms with Crippen molar-refractivity contribution in [2.45, 2.75) is 129 Å². The molecular weight excluding hydrogens is 1230 g/mol. The average molecular weight is 1330 g/mol. The maximum atomic E-state index is 2.85. The molecule has 0 N–H and O–H groups in total. The Labute approximate surface area is 598 Å². The first kappa shape index (κ1) is 43.9. The van der Waals surface area contributed by atoms with Crippen LogP contribution < -0.4 is 0 Å². The van der Waals surface area contributed by atoms with Gasteiger partial charge in [-0.25, -0.2) is 0 Å². The summed E-state index contributed by atoms with van der Waals surface area (Å²) in [6, 6.07) is 0. The van der Waals surface area contributed by atoms with Gasteiger partial charge < -0.3 is 0 Å². The zero-order valence-electron chi connectivity index (χ0n) is 60.2. The molecule has 0 bridgehead atoms. The molecule has 0 aliphatic heterocycles. The van der Waals surface area contributed by atoms with Gasteiger partial charge >= 0.3 is 0 Å². The van der Waals surface area contributed by atoms with E-state index in [4.69, 9.17) is 0 Å². The highest BCUT2D eigenvalue weighted by molar-refractivity contribution is 5.90. The molecule has 0 radical (unpaired) electrons. The molecule has 24 spiro atoms. The number of hydrogen-bond acceptors (Lipinski definition) is 0. The summed E-state index contributed by atoms with van der Waals surface area (Å²) >= 11 is 0. The lowest BCUT2D eigenvalue weighted by atomic mass is 8.61. The van der Waals surface area contributed by atoms with Gasteiger partial charge in [0.05, 0.1) is 0 Å². The Hall–Kier alpha value is 0. The lowest BCUT2D eigenvalue weighted by Gasteiger charge is -3.41. The highest BCUT2D eigenvalue weighted by atomic mass is 15.5. The molecule has 82 atom stereocenters. The standard InChI is InChI=1S/C102H100/c1-21-24-16-12-8-6-4-3-5-7-11-15-23-19-25-38-43-46-49-52-55-58-61-64-66-65-62-59-56-53-50-47-44-39-27-20-26-22(2)37-42-45-48-51-54-57-60-63-67-68-69-70-71-72-73-74-75-78-100(43,101(38)76(25)81(23)77-41-36-34-32-31-29(24)28(21)30(31)33(32)35(34)40(36)79(41)17-13-9-10-14-18-80(77,79)102(78,81)101)99(46,75)98(49,74)97(52,73)96(55,72)95(58,71)94(61,70)93(64,69)92(66,68)91(65,67)90(62,63)89(59,60)88(56,57)87(53,54)86(50,51)85(47,48)84(44,45)83(39,42)82(26,27)37/h21-78H,3-20H2,1-2H3. The summed E-state index contributed by atoms with van der Waals surface area (Å²) in [5.74, 6) is 77.4. The molecule has 0 saturated heterocycles. The van der Waals surface area contributed by atoms with E-state index in [1.54, 1.807) is 96.3 Å². The Balaban J connectivity index is 0.399. The Morgan fingerprint density at radius 1 is 0.206 bits per heavy atom. The number of rotatable bonds is 0. The van der Waals surface area contributed by atoms with Crippen LogP contribution in [0, 0.1) is 473 Å². The predicted molar refractivity (Wildman–Crippen MR) is 355 cm³/mol. The first-order chi connectivity index (χ1) is 50.6. The first-order valence-corrected chi connectivity index (χ1v) is 50.6. The van der Waals surface area contributed by atoms with Gasteiger partial charge in [0, 0.05) is 0 Å². The van der Waals surface area contributed by atoms with Crippen molar-refractivity contribution in [3.05, 3.63) is 0 Å². The summed E-state index contributed by atoms with van der Waals surface area (Å²) < 4.78 is 0. The number of hydrogen-bond donors (Lipinski definition) is 0. The molecule has 0 heteroatoms. The van der Waals surface area contributed by atoms with E-state index in [1.807, 2.05) is 19.3 Å². The monoisotopic (exact) mass is 1320 g/mol. The SMILES string of the molecule is CC1C2CCCCCCCCCCC3CC4C5C6C7C8C9C%10C%11C%12C%13C%14C%15C%16C%17C%18C%19C%20C%21C%22C%23C%24CC%25C(C)C%26C%27C%28C%29C%30C%31C%32C%33C%34C%35C%36C%37C%38C%39C%40C%41C%42C%43C%44C6(C7%43C8%42C9%41C%10%40C%11%39C%12%38C%13%37C%14%36C%15%35C%16%34C%17%33C%18%32C%19%31C%20%30C%21%29C%22%28C%23%27C%25%24%26)C56C4C34C3C5C7C8C9C%10C2C1C%10C9C8C7C51CCCCCCC31C%4446. The van der Waals surface area contributed by atoms with Crippen LogP contribution in [0.4, 0.5) is 0 Å². The van der Waals surface area contributed by atoms with Gasteiger partial charge in [0.1, 0.15) is 0 Å². The molecular formula is C102H100. The molecule has 53 rings (SSSR count).